The van der Waals surface area contributed by atoms with Gasteiger partial charge in [-0.15, -0.1) is 5.10 Å². The van der Waals surface area contributed by atoms with Gasteiger partial charge in [-0.1, -0.05) is 42.5 Å². The first-order valence-corrected chi connectivity index (χ1v) is 20.3. The number of halogens is 1. The van der Waals surface area contributed by atoms with E-state index in [1.807, 2.05) is 79.9 Å². The lowest BCUT2D eigenvalue weighted by Gasteiger charge is -2.31. The minimum Gasteiger partial charge on any atom is -0.497 e. The first-order chi connectivity index (χ1) is 24.5. The highest BCUT2D eigenvalue weighted by Gasteiger charge is 2.66. The van der Waals surface area contributed by atoms with E-state index in [0.717, 1.165) is 22.0 Å². The zero-order valence-electron chi connectivity index (χ0n) is 29.2. The maximum absolute atomic E-state index is 16.3. The van der Waals surface area contributed by atoms with Gasteiger partial charge in [0.2, 0.25) is 14.3 Å². The molecule has 7 rings (SSSR count). The maximum atomic E-state index is 16.3. The Hall–Kier alpha value is -4.85. The number of carbonyl (C=O) groups excluding carboxylic acids is 2. The first kappa shape index (κ1) is 34.6. The van der Waals surface area contributed by atoms with Crippen molar-refractivity contribution in [3.05, 3.63) is 102 Å². The van der Waals surface area contributed by atoms with Crippen molar-refractivity contribution in [3.8, 4) is 5.75 Å². The third kappa shape index (κ3) is 6.45. The lowest BCUT2D eigenvalue weighted by atomic mass is 9.82. The van der Waals surface area contributed by atoms with Gasteiger partial charge >= 0.3 is 0 Å². The van der Waals surface area contributed by atoms with Gasteiger partial charge in [0, 0.05) is 65.6 Å². The molecule has 5 aromatic rings. The van der Waals surface area contributed by atoms with Crippen LogP contribution in [0.2, 0.25) is 18.6 Å². The van der Waals surface area contributed by atoms with E-state index in [9.17, 15) is 14.7 Å². The molecule has 2 aliphatic rings. The van der Waals surface area contributed by atoms with Crippen LogP contribution in [0, 0.1) is 5.92 Å². The highest BCUT2D eigenvalue weighted by Crippen LogP contribution is 2.60. The highest BCUT2D eigenvalue weighted by molar-refractivity contribution is 6.72. The van der Waals surface area contributed by atoms with Crippen LogP contribution in [0.3, 0.4) is 0 Å². The number of hydrogen-bond acceptors (Lipinski definition) is 7. The quantitative estimate of drug-likeness (QED) is 0.109. The van der Waals surface area contributed by atoms with Gasteiger partial charge < -0.3 is 33.9 Å². The highest BCUT2D eigenvalue weighted by atomic mass is 28.4. The molecule has 0 saturated carbocycles. The summed E-state index contributed by atoms with van der Waals surface area (Å²) < 4.78 is 30.5. The molecule has 3 N–H and O–H groups in total. The van der Waals surface area contributed by atoms with Crippen LogP contribution in [-0.4, -0.2) is 65.1 Å². The van der Waals surface area contributed by atoms with E-state index in [0.29, 0.717) is 47.8 Å². The van der Waals surface area contributed by atoms with Gasteiger partial charge in [0.25, 0.3) is 5.91 Å². The van der Waals surface area contributed by atoms with Crippen molar-refractivity contribution in [2.24, 2.45) is 5.92 Å². The number of carbonyl (C=O) groups is 2. The largest absolute Gasteiger partial charge is 0.497 e. The number of para-hydroxylation sites is 1. The Morgan fingerprint density at radius 1 is 1.16 bits per heavy atom. The molecule has 2 aliphatic heterocycles. The van der Waals surface area contributed by atoms with Gasteiger partial charge in [0.15, 0.2) is 5.60 Å². The van der Waals surface area contributed by atoms with Crippen molar-refractivity contribution in [2.75, 3.05) is 23.9 Å². The van der Waals surface area contributed by atoms with Gasteiger partial charge in [-0.3, -0.25) is 14.3 Å². The predicted octanol–water partition coefficient (Wildman–Crippen LogP) is 5.90. The number of aliphatic hydroxyl groups is 1. The van der Waals surface area contributed by atoms with Crippen molar-refractivity contribution in [3.63, 3.8) is 0 Å². The monoisotopic (exact) mass is 710 g/mol. The molecule has 266 valence electrons. The van der Waals surface area contributed by atoms with Crippen molar-refractivity contribution < 1.29 is 28.3 Å². The van der Waals surface area contributed by atoms with E-state index in [1.165, 1.54) is 0 Å². The number of aromatic amines is 1. The zero-order chi connectivity index (χ0) is 35.9. The van der Waals surface area contributed by atoms with Crippen LogP contribution in [0.4, 0.5) is 15.5 Å². The Bertz CT molecular complexity index is 2080. The van der Waals surface area contributed by atoms with Gasteiger partial charge in [0.05, 0.1) is 37.6 Å². The summed E-state index contributed by atoms with van der Waals surface area (Å²) in [6.45, 7) is 5.92. The number of fused-ring (bicyclic) bond motifs is 3. The normalized spacial score (nSPS) is 21.5. The minimum absolute atomic E-state index is 0.0274. The molecule has 1 fully saturated rings. The summed E-state index contributed by atoms with van der Waals surface area (Å²) in [5, 5.41) is 21.6. The molecule has 4 heterocycles. The fourth-order valence-electron chi connectivity index (χ4n) is 8.10. The number of ether oxygens (including phenoxy) is 2. The van der Waals surface area contributed by atoms with Crippen LogP contribution in [0.5, 0.6) is 5.75 Å². The second-order valence-electron chi connectivity index (χ2n) is 14.1. The molecule has 4 atom stereocenters. The number of methoxy groups -OCH3 is 1. The fourth-order valence-corrected chi connectivity index (χ4v) is 10.6. The Morgan fingerprint density at radius 2 is 1.98 bits per heavy atom. The van der Waals surface area contributed by atoms with Gasteiger partial charge in [-0.05, 0) is 67.0 Å². The summed E-state index contributed by atoms with van der Waals surface area (Å²) in [4.78, 5) is 32.9. The summed E-state index contributed by atoms with van der Waals surface area (Å²) in [5.74, 6) is -0.282. The van der Waals surface area contributed by atoms with Gasteiger partial charge in [-0.25, -0.2) is 0 Å². The molecule has 3 aromatic carbocycles. The van der Waals surface area contributed by atoms with Crippen LogP contribution in [0.15, 0.2) is 79.1 Å². The van der Waals surface area contributed by atoms with Crippen LogP contribution < -0.4 is 15.0 Å². The number of benzene rings is 3. The molecular weight excluding hydrogens is 668 g/mol. The average molecular weight is 711 g/mol. The van der Waals surface area contributed by atoms with Crippen LogP contribution in [0.1, 0.15) is 35.7 Å². The van der Waals surface area contributed by atoms with Crippen LogP contribution in [-0.2, 0) is 45.9 Å². The van der Waals surface area contributed by atoms with Crippen LogP contribution in [0.25, 0.3) is 10.9 Å². The topological polar surface area (TPSA) is 135 Å². The molecule has 13 heteroatoms. The number of H-pyrrole nitrogens is 1. The Balaban J connectivity index is 1.15. The van der Waals surface area contributed by atoms with E-state index >= 15 is 4.11 Å². The number of nitrogens with zero attached hydrogens (tertiary/aromatic N) is 4. The third-order valence-electron chi connectivity index (χ3n) is 10.3. The summed E-state index contributed by atoms with van der Waals surface area (Å²) in [6, 6.07) is 20.9. The molecule has 1 spiro atoms. The van der Waals surface area contributed by atoms with E-state index in [2.05, 4.69) is 20.6 Å². The van der Waals surface area contributed by atoms with E-state index in [-0.39, 0.29) is 31.4 Å². The summed E-state index contributed by atoms with van der Waals surface area (Å²) in [5.41, 5.74) is 3.47. The van der Waals surface area contributed by atoms with Crippen molar-refractivity contribution in [2.45, 2.75) is 69.6 Å². The maximum Gasteiger partial charge on any atom is 0.264 e. The summed E-state index contributed by atoms with van der Waals surface area (Å²) in [6.07, 6.45) is 4.14. The Morgan fingerprint density at radius 3 is 2.76 bits per heavy atom. The fraction of sp³-hybridized carbons (Fsp3) is 0.368. The number of hydrogen-bond donors (Lipinski definition) is 3. The number of amides is 2. The molecule has 11 nitrogen and oxygen atoms in total. The van der Waals surface area contributed by atoms with Crippen molar-refractivity contribution in [1.29, 1.82) is 0 Å². The number of nitrogens with one attached hydrogen (secondary N) is 2. The van der Waals surface area contributed by atoms with Gasteiger partial charge in [0.1, 0.15) is 5.75 Å². The molecule has 2 aromatic heterocycles. The second-order valence-corrected chi connectivity index (χ2v) is 17.9. The molecule has 1 saturated heterocycles. The molecule has 2 amide bonds. The number of anilines is 2. The number of aryl methyl sites for hydroxylation is 1. The molecule has 51 heavy (non-hydrogen) atoms. The lowest BCUT2D eigenvalue weighted by Crippen LogP contribution is -2.45. The minimum atomic E-state index is -3.37. The average Bonchev–Trinajstić information content (AvgIpc) is 3.86. The number of rotatable bonds is 12. The number of aliphatic hydroxyl groups excluding tert-OH is 1. The second kappa shape index (κ2) is 13.7. The molecular formula is C38H43FN6O5Si. The molecule has 0 radical (unpaired) electrons. The van der Waals surface area contributed by atoms with Crippen molar-refractivity contribution >= 4 is 42.5 Å². The Labute approximate surface area is 296 Å². The summed E-state index contributed by atoms with van der Waals surface area (Å²) in [7, 11) is -1.79. The molecule has 0 aliphatic carbocycles. The van der Waals surface area contributed by atoms with Gasteiger partial charge in [-0.2, -0.15) is 0 Å². The van der Waals surface area contributed by atoms with E-state index < -0.39 is 31.6 Å². The first-order valence-electron chi connectivity index (χ1n) is 17.3. The standard InChI is InChI=1S/C38H43FN6O5Si/c1-24-36(51(3,4)39)34(14-16-44-23-28(15-17-46)42-43-44)50-38(24)31-20-29(49-2)12-13-33(31)45(37(38)48)22-25-8-7-9-27(18-25)41-35(47)19-26-21-40-32-11-6-5-10-30(26)32/h5-13,18,20-21,23-24,34,36,40,46H,14-17,19,22H2,1-4H3,(H,41,47)/t24-,34+,36-,38+/m0/s1. The third-order valence-corrected chi connectivity index (χ3v) is 12.8. The zero-order valence-corrected chi connectivity index (χ0v) is 30.2. The lowest BCUT2D eigenvalue weighted by molar-refractivity contribution is -0.146. The van der Waals surface area contributed by atoms with Crippen LogP contribution >= 0.6 is 0 Å². The van der Waals surface area contributed by atoms with E-state index in [4.69, 9.17) is 9.47 Å². The smallest absolute Gasteiger partial charge is 0.264 e. The summed E-state index contributed by atoms with van der Waals surface area (Å²) >= 11 is 0. The predicted molar refractivity (Wildman–Crippen MR) is 195 cm³/mol. The number of aromatic nitrogens is 4. The SMILES string of the molecule is COc1ccc2c(c1)[C@@]1(O[C@H](CCn3cc(CCO)nn3)[C@@H]([Si](C)(C)F)[C@@H]1C)C(=O)N2Cc1cccc(NC(=O)Cc2c[nH]c3ccccc23)c1. The van der Waals surface area contributed by atoms with E-state index in [1.54, 1.807) is 36.0 Å². The Kier molecular flexibility index (Phi) is 9.29. The van der Waals surface area contributed by atoms with Crippen molar-refractivity contribution in [1.82, 2.24) is 20.0 Å². The molecule has 0 bridgehead atoms. The molecule has 0 unspecified atom stereocenters.